The van der Waals surface area contributed by atoms with Crippen LogP contribution >= 0.6 is 0 Å². The molecule has 3 N–H and O–H groups in total. The molecule has 2 atom stereocenters. The Labute approximate surface area is 226 Å². The molecule has 8 heteroatoms. The maximum absolute atomic E-state index is 13.0. The highest BCUT2D eigenvalue weighted by atomic mass is 32.2. The number of methoxy groups -OCH3 is 1. The van der Waals surface area contributed by atoms with Gasteiger partial charge < -0.3 is 30.5 Å². The Morgan fingerprint density at radius 2 is 1.86 bits per heavy atom. The normalized spacial score (nSPS) is 16.5. The molecular formula is C29H44N5O2S+. The molecule has 7 nitrogen and oxygen atoms in total. The molecule has 1 aliphatic rings. The van der Waals surface area contributed by atoms with Crippen molar-refractivity contribution in [2.45, 2.75) is 30.9 Å². The summed E-state index contributed by atoms with van der Waals surface area (Å²) in [5, 5.41) is 4.01. The summed E-state index contributed by atoms with van der Waals surface area (Å²) in [7, 11) is 8.15. The van der Waals surface area contributed by atoms with Gasteiger partial charge in [0.1, 0.15) is 11.0 Å². The minimum absolute atomic E-state index is 0.102. The van der Waals surface area contributed by atoms with E-state index in [1.54, 1.807) is 7.11 Å². The summed E-state index contributed by atoms with van der Waals surface area (Å²) < 4.78 is 5.57. The average Bonchev–Trinajstić information content (AvgIpc) is 3.67. The van der Waals surface area contributed by atoms with E-state index in [4.69, 9.17) is 10.5 Å². The first-order valence-electron chi connectivity index (χ1n) is 12.9. The van der Waals surface area contributed by atoms with E-state index in [9.17, 15) is 4.79 Å². The number of nitrogens with zero attached hydrogens (tertiary/aromatic N) is 3. The van der Waals surface area contributed by atoms with Crippen LogP contribution < -0.4 is 25.6 Å². The van der Waals surface area contributed by atoms with Gasteiger partial charge in [0.05, 0.1) is 30.7 Å². The lowest BCUT2D eigenvalue weighted by molar-refractivity contribution is -0.117. The fourth-order valence-electron chi connectivity index (χ4n) is 4.35. The Hall–Kier alpha value is -2.84. The van der Waals surface area contributed by atoms with Crippen LogP contribution in [0.4, 0.5) is 17.1 Å². The zero-order valence-electron chi connectivity index (χ0n) is 23.3. The lowest BCUT2D eigenvalue weighted by Gasteiger charge is -2.30. The molecule has 0 saturated carbocycles. The van der Waals surface area contributed by atoms with Crippen LogP contribution in [0.5, 0.6) is 5.75 Å². The van der Waals surface area contributed by atoms with Crippen molar-refractivity contribution in [1.82, 2.24) is 10.2 Å². The molecule has 0 aromatic heterocycles. The number of ether oxygens (including phenoxy) is 1. The van der Waals surface area contributed by atoms with E-state index in [1.165, 1.54) is 5.56 Å². The molecule has 1 aliphatic heterocycles. The largest absolute Gasteiger partial charge is 0.495 e. The van der Waals surface area contributed by atoms with Crippen LogP contribution in [0, 0.1) is 0 Å². The van der Waals surface area contributed by atoms with Crippen LogP contribution in [0.1, 0.15) is 19.4 Å². The summed E-state index contributed by atoms with van der Waals surface area (Å²) in [5.74, 6) is 1.68. The van der Waals surface area contributed by atoms with E-state index in [2.05, 4.69) is 73.7 Å². The monoisotopic (exact) mass is 526 g/mol. The van der Waals surface area contributed by atoms with Gasteiger partial charge in [-0.05, 0) is 46.0 Å². The van der Waals surface area contributed by atoms with Gasteiger partial charge in [0.15, 0.2) is 5.75 Å². The van der Waals surface area contributed by atoms with Crippen LogP contribution in [0.25, 0.3) is 0 Å². The number of carbonyl (C=O) groups excluding carboxylic acids is 1. The van der Waals surface area contributed by atoms with E-state index in [0.29, 0.717) is 40.7 Å². The number of nitrogens with one attached hydrogen (secondary N) is 1. The summed E-state index contributed by atoms with van der Waals surface area (Å²) >= 11 is 0. The zero-order chi connectivity index (χ0) is 27.1. The number of rotatable bonds is 14. The molecule has 0 aliphatic carbocycles. The summed E-state index contributed by atoms with van der Waals surface area (Å²) in [6.45, 7) is 11.5. The molecule has 1 saturated heterocycles. The van der Waals surface area contributed by atoms with Gasteiger partial charge in [-0.3, -0.25) is 4.79 Å². The number of likely N-dealkylation sites (N-methyl/N-ethyl adjacent to an activating group) is 2. The Balaban J connectivity index is 1.82. The maximum Gasteiger partial charge on any atom is 0.248 e. The fourth-order valence-corrected chi connectivity index (χ4v) is 6.55. The van der Waals surface area contributed by atoms with Gasteiger partial charge >= 0.3 is 0 Å². The van der Waals surface area contributed by atoms with Crippen molar-refractivity contribution in [3.63, 3.8) is 0 Å². The van der Waals surface area contributed by atoms with E-state index >= 15 is 0 Å². The molecular weight excluding hydrogens is 482 g/mol. The first-order valence-corrected chi connectivity index (χ1v) is 14.4. The van der Waals surface area contributed by atoms with Crippen molar-refractivity contribution in [1.29, 1.82) is 0 Å². The Morgan fingerprint density at radius 3 is 2.46 bits per heavy atom. The molecule has 1 fully saturated rings. The third kappa shape index (κ3) is 7.82. The van der Waals surface area contributed by atoms with Crippen molar-refractivity contribution in [3.05, 3.63) is 60.2 Å². The van der Waals surface area contributed by atoms with Gasteiger partial charge in [0, 0.05) is 49.2 Å². The number of carbonyl (C=O) groups is 1. The molecule has 1 unspecified atom stereocenters. The minimum atomic E-state index is -0.102. The molecule has 1 amide bonds. The van der Waals surface area contributed by atoms with Crippen LogP contribution in [0.2, 0.25) is 0 Å². The average molecular weight is 527 g/mol. The molecule has 1 heterocycles. The van der Waals surface area contributed by atoms with Gasteiger partial charge in [0.25, 0.3) is 0 Å². The topological polar surface area (TPSA) is 74.1 Å². The minimum Gasteiger partial charge on any atom is -0.495 e. The SMILES string of the molecule is C=C(CN(c1cc(N)c(OC)cc1N(C)CCN(C)C)[C@H]1C[S+]1C(C)C)C(=O)NCCc1ccccc1. The number of amides is 1. The van der Waals surface area contributed by atoms with Crippen LogP contribution in [-0.4, -0.2) is 81.6 Å². The van der Waals surface area contributed by atoms with E-state index < -0.39 is 0 Å². The van der Waals surface area contributed by atoms with Crippen molar-refractivity contribution in [2.24, 2.45) is 0 Å². The second-order valence-corrected chi connectivity index (χ2v) is 12.9. The van der Waals surface area contributed by atoms with E-state index in [0.717, 1.165) is 36.6 Å². The van der Waals surface area contributed by atoms with Crippen LogP contribution in [-0.2, 0) is 22.1 Å². The molecule has 3 rings (SSSR count). The second kappa shape index (κ2) is 13.1. The van der Waals surface area contributed by atoms with Gasteiger partial charge in [-0.15, -0.1) is 0 Å². The molecule has 0 spiro atoms. The lowest BCUT2D eigenvalue weighted by Crippen LogP contribution is -2.37. The molecule has 37 heavy (non-hydrogen) atoms. The smallest absolute Gasteiger partial charge is 0.248 e. The zero-order valence-corrected chi connectivity index (χ0v) is 24.1. The van der Waals surface area contributed by atoms with E-state index in [1.807, 2.05) is 30.3 Å². The van der Waals surface area contributed by atoms with Crippen molar-refractivity contribution >= 4 is 33.9 Å². The number of anilines is 3. The third-order valence-electron chi connectivity index (χ3n) is 6.68. The van der Waals surface area contributed by atoms with Gasteiger partial charge in [-0.2, -0.15) is 0 Å². The lowest BCUT2D eigenvalue weighted by atomic mass is 10.1. The Kier molecular flexibility index (Phi) is 10.2. The second-order valence-electron chi connectivity index (χ2n) is 10.2. The maximum atomic E-state index is 13.0. The van der Waals surface area contributed by atoms with Gasteiger partial charge in [0.2, 0.25) is 11.3 Å². The summed E-state index contributed by atoms with van der Waals surface area (Å²) in [6.07, 6.45) is 0.791. The molecule has 2 aromatic rings. The van der Waals surface area contributed by atoms with Crippen molar-refractivity contribution < 1.29 is 9.53 Å². The molecule has 2 aromatic carbocycles. The highest BCUT2D eigenvalue weighted by Gasteiger charge is 2.56. The fraction of sp³-hybridized carbons (Fsp3) is 0.483. The highest BCUT2D eigenvalue weighted by molar-refractivity contribution is 8.04. The third-order valence-corrected chi connectivity index (χ3v) is 9.28. The first kappa shape index (κ1) is 28.7. The standard InChI is InChI=1S/C29H43N5O2S/c1-21(2)37-20-28(37)34(19-22(3)29(35)31-14-13-23-11-9-8-10-12-23)26-17-24(30)27(36-7)18-25(26)33(6)16-15-32(4)5/h8-12,17-18,21,28H,3,13-16,19-20,30H2,1-2,4-7H3/p+1/t28-,37?/m1/s1. The van der Waals surface area contributed by atoms with Gasteiger partial charge in [-0.1, -0.05) is 36.9 Å². The highest BCUT2D eigenvalue weighted by Crippen LogP contribution is 2.43. The number of nitrogens with two attached hydrogens (primary N) is 1. The van der Waals surface area contributed by atoms with Crippen LogP contribution in [0.3, 0.4) is 0 Å². The number of benzene rings is 2. The Morgan fingerprint density at radius 1 is 1.16 bits per heavy atom. The van der Waals surface area contributed by atoms with Crippen LogP contribution in [0.15, 0.2) is 54.6 Å². The number of nitrogen functional groups attached to an aromatic ring is 1. The summed E-state index contributed by atoms with van der Waals surface area (Å²) in [5.41, 5.74) is 10.8. The molecule has 0 bridgehead atoms. The quantitative estimate of drug-likeness (QED) is 0.170. The number of hydrogen-bond acceptors (Lipinski definition) is 6. The molecule has 0 radical (unpaired) electrons. The molecule has 202 valence electrons. The summed E-state index contributed by atoms with van der Waals surface area (Å²) in [4.78, 5) is 19.8. The van der Waals surface area contributed by atoms with Crippen molar-refractivity contribution in [3.8, 4) is 5.75 Å². The van der Waals surface area contributed by atoms with Gasteiger partial charge in [-0.25, -0.2) is 0 Å². The predicted molar refractivity (Wildman–Crippen MR) is 160 cm³/mol. The number of hydrogen-bond donors (Lipinski definition) is 2. The summed E-state index contributed by atoms with van der Waals surface area (Å²) in [6, 6.07) is 14.2. The Bertz CT molecular complexity index is 1060. The first-order chi connectivity index (χ1) is 17.6. The van der Waals surface area contributed by atoms with Crippen molar-refractivity contribution in [2.75, 3.05) is 75.7 Å². The predicted octanol–water partition coefficient (Wildman–Crippen LogP) is 3.36. The van der Waals surface area contributed by atoms with E-state index in [-0.39, 0.29) is 16.8 Å².